The van der Waals surface area contributed by atoms with Gasteiger partial charge < -0.3 is 10.1 Å². The highest BCUT2D eigenvalue weighted by molar-refractivity contribution is 7.09. The van der Waals surface area contributed by atoms with E-state index < -0.39 is 0 Å². The zero-order valence-electron chi connectivity index (χ0n) is 12.3. The van der Waals surface area contributed by atoms with Gasteiger partial charge in [0.25, 0.3) is 0 Å². The number of halogens is 1. The Morgan fingerprint density at radius 1 is 1.33 bits per heavy atom. The normalized spacial score (nSPS) is 14.4. The molecule has 3 rings (SSSR count). The van der Waals surface area contributed by atoms with Crippen LogP contribution in [-0.4, -0.2) is 11.0 Å². The average molecular weight is 323 g/mol. The minimum absolute atomic E-state index is 0.500. The minimum atomic E-state index is 0.500. The smallest absolute Gasteiger partial charge is 0.131 e. The van der Waals surface area contributed by atoms with E-state index in [0.717, 1.165) is 39.1 Å². The molecule has 0 radical (unpaired) electrons. The van der Waals surface area contributed by atoms with Crippen LogP contribution in [0.25, 0.3) is 0 Å². The van der Waals surface area contributed by atoms with E-state index in [1.165, 1.54) is 12.8 Å². The summed E-state index contributed by atoms with van der Waals surface area (Å²) in [5.41, 5.74) is 3.07. The van der Waals surface area contributed by atoms with Crippen molar-refractivity contribution in [2.24, 2.45) is 0 Å². The second-order valence-corrected chi connectivity index (χ2v) is 6.87. The molecule has 1 saturated carbocycles. The van der Waals surface area contributed by atoms with Gasteiger partial charge in [0.1, 0.15) is 17.4 Å². The van der Waals surface area contributed by atoms with Crippen molar-refractivity contribution < 1.29 is 4.74 Å². The summed E-state index contributed by atoms with van der Waals surface area (Å²) in [5.74, 6) is 0.847. The van der Waals surface area contributed by atoms with Crippen molar-refractivity contribution in [3.63, 3.8) is 0 Å². The Bertz CT molecular complexity index is 614. The maximum atomic E-state index is 6.16. The third kappa shape index (κ3) is 3.96. The minimum Gasteiger partial charge on any atom is -0.487 e. The van der Waals surface area contributed by atoms with Gasteiger partial charge in [-0.1, -0.05) is 11.6 Å². The highest BCUT2D eigenvalue weighted by Gasteiger charge is 2.20. The van der Waals surface area contributed by atoms with Gasteiger partial charge in [0.2, 0.25) is 0 Å². The van der Waals surface area contributed by atoms with Crippen LogP contribution in [0, 0.1) is 13.8 Å². The summed E-state index contributed by atoms with van der Waals surface area (Å²) in [5, 5.41) is 7.48. The van der Waals surface area contributed by atoms with Gasteiger partial charge in [-0.15, -0.1) is 11.3 Å². The van der Waals surface area contributed by atoms with Crippen LogP contribution in [-0.2, 0) is 13.2 Å². The van der Waals surface area contributed by atoms with Crippen molar-refractivity contribution in [3.05, 3.63) is 44.4 Å². The molecule has 1 aromatic heterocycles. The van der Waals surface area contributed by atoms with Crippen LogP contribution in [0.15, 0.2) is 17.5 Å². The number of hydrogen-bond donors (Lipinski definition) is 1. The van der Waals surface area contributed by atoms with E-state index in [1.54, 1.807) is 11.3 Å². The molecule has 0 spiro atoms. The maximum Gasteiger partial charge on any atom is 0.131 e. The first-order valence-electron chi connectivity index (χ1n) is 7.18. The fourth-order valence-corrected chi connectivity index (χ4v) is 3.00. The quantitative estimate of drug-likeness (QED) is 0.863. The van der Waals surface area contributed by atoms with E-state index >= 15 is 0 Å². The number of rotatable bonds is 6. The molecule has 5 heteroatoms. The van der Waals surface area contributed by atoms with Gasteiger partial charge in [-0.25, -0.2) is 4.98 Å². The van der Waals surface area contributed by atoms with Crippen molar-refractivity contribution in [2.75, 3.05) is 0 Å². The molecular formula is C16H19ClN2OS. The zero-order valence-corrected chi connectivity index (χ0v) is 13.9. The average Bonchev–Trinajstić information content (AvgIpc) is 3.18. The lowest BCUT2D eigenvalue weighted by atomic mass is 10.1. The number of hydrogen-bond acceptors (Lipinski definition) is 4. The fourth-order valence-electron chi connectivity index (χ4n) is 2.16. The molecule has 1 aliphatic carbocycles. The van der Waals surface area contributed by atoms with E-state index in [2.05, 4.69) is 15.7 Å². The molecule has 1 aromatic carbocycles. The van der Waals surface area contributed by atoms with E-state index in [1.807, 2.05) is 26.0 Å². The van der Waals surface area contributed by atoms with Crippen molar-refractivity contribution in [1.29, 1.82) is 0 Å². The van der Waals surface area contributed by atoms with Gasteiger partial charge in [-0.05, 0) is 49.9 Å². The molecule has 0 aliphatic heterocycles. The number of aryl methyl sites for hydroxylation is 2. The van der Waals surface area contributed by atoms with Gasteiger partial charge in [-0.2, -0.15) is 0 Å². The summed E-state index contributed by atoms with van der Waals surface area (Å²) in [7, 11) is 0. The standard InChI is InChI=1S/C16H19ClN2OS/c1-10-5-14(6-11(2)16(10)17)20-8-13-9-21-15(19-13)7-18-12-3-4-12/h5-6,9,12,18H,3-4,7-8H2,1-2H3. The van der Waals surface area contributed by atoms with Gasteiger partial charge in [0.15, 0.2) is 0 Å². The largest absolute Gasteiger partial charge is 0.487 e. The maximum absolute atomic E-state index is 6.16. The Balaban J connectivity index is 1.56. The molecule has 112 valence electrons. The molecule has 2 aromatic rings. The number of thiazole rings is 1. The van der Waals surface area contributed by atoms with Crippen LogP contribution in [0.3, 0.4) is 0 Å². The third-order valence-corrected chi connectivity index (χ3v) is 5.01. The van der Waals surface area contributed by atoms with Crippen molar-refractivity contribution >= 4 is 22.9 Å². The van der Waals surface area contributed by atoms with E-state index in [-0.39, 0.29) is 0 Å². The number of ether oxygens (including phenoxy) is 1. The first kappa shape index (κ1) is 14.8. The van der Waals surface area contributed by atoms with Crippen LogP contribution in [0.4, 0.5) is 0 Å². The Hall–Kier alpha value is -1.10. The van der Waals surface area contributed by atoms with E-state index in [4.69, 9.17) is 16.3 Å². The first-order valence-corrected chi connectivity index (χ1v) is 8.44. The Morgan fingerprint density at radius 3 is 2.71 bits per heavy atom. The predicted molar refractivity (Wildman–Crippen MR) is 87.2 cm³/mol. The molecule has 0 bridgehead atoms. The van der Waals surface area contributed by atoms with Gasteiger partial charge >= 0.3 is 0 Å². The van der Waals surface area contributed by atoms with Gasteiger partial charge in [0, 0.05) is 23.0 Å². The summed E-state index contributed by atoms with van der Waals surface area (Å²) < 4.78 is 5.83. The molecular weight excluding hydrogens is 304 g/mol. The molecule has 3 nitrogen and oxygen atoms in total. The third-order valence-electron chi connectivity index (χ3n) is 3.52. The van der Waals surface area contributed by atoms with Crippen LogP contribution in [0.1, 0.15) is 34.7 Å². The Morgan fingerprint density at radius 2 is 2.05 bits per heavy atom. The van der Waals surface area contributed by atoms with Crippen LogP contribution >= 0.6 is 22.9 Å². The summed E-state index contributed by atoms with van der Waals surface area (Å²) in [6, 6.07) is 4.66. The summed E-state index contributed by atoms with van der Waals surface area (Å²) >= 11 is 7.85. The lowest BCUT2D eigenvalue weighted by Gasteiger charge is -2.08. The summed E-state index contributed by atoms with van der Waals surface area (Å²) in [6.45, 7) is 5.36. The Labute approximate surface area is 134 Å². The second-order valence-electron chi connectivity index (χ2n) is 5.55. The molecule has 1 aliphatic rings. The van der Waals surface area contributed by atoms with Crippen LogP contribution < -0.4 is 10.1 Å². The fraction of sp³-hybridized carbons (Fsp3) is 0.438. The van der Waals surface area contributed by atoms with E-state index in [9.17, 15) is 0 Å². The van der Waals surface area contributed by atoms with Crippen LogP contribution in [0.2, 0.25) is 5.02 Å². The summed E-state index contributed by atoms with van der Waals surface area (Å²) in [6.07, 6.45) is 2.60. The van der Waals surface area contributed by atoms with Crippen LogP contribution in [0.5, 0.6) is 5.75 Å². The molecule has 21 heavy (non-hydrogen) atoms. The number of nitrogens with one attached hydrogen (secondary N) is 1. The lowest BCUT2D eigenvalue weighted by molar-refractivity contribution is 0.301. The first-order chi connectivity index (χ1) is 10.1. The molecule has 1 fully saturated rings. The van der Waals surface area contributed by atoms with Gasteiger partial charge in [-0.3, -0.25) is 0 Å². The van der Waals surface area contributed by atoms with E-state index in [0.29, 0.717) is 12.6 Å². The molecule has 0 saturated heterocycles. The molecule has 0 atom stereocenters. The monoisotopic (exact) mass is 322 g/mol. The zero-order chi connectivity index (χ0) is 14.8. The molecule has 0 amide bonds. The highest BCUT2D eigenvalue weighted by Crippen LogP contribution is 2.26. The lowest BCUT2D eigenvalue weighted by Crippen LogP contribution is -2.15. The molecule has 0 unspecified atom stereocenters. The SMILES string of the molecule is Cc1cc(OCc2csc(CNC3CC3)n2)cc(C)c1Cl. The number of aromatic nitrogens is 1. The van der Waals surface area contributed by atoms with Crippen molar-refractivity contribution in [3.8, 4) is 5.75 Å². The highest BCUT2D eigenvalue weighted by atomic mass is 35.5. The Kier molecular flexibility index (Phi) is 4.48. The van der Waals surface area contributed by atoms with Crippen molar-refractivity contribution in [1.82, 2.24) is 10.3 Å². The molecule has 1 heterocycles. The topological polar surface area (TPSA) is 34.1 Å². The predicted octanol–water partition coefficient (Wildman–Crippen LogP) is 4.24. The second kappa shape index (κ2) is 6.34. The molecule has 1 N–H and O–H groups in total. The summed E-state index contributed by atoms with van der Waals surface area (Å²) in [4.78, 5) is 4.59. The van der Waals surface area contributed by atoms with Crippen molar-refractivity contribution in [2.45, 2.75) is 45.9 Å². The number of benzene rings is 1. The van der Waals surface area contributed by atoms with Gasteiger partial charge in [0.05, 0.1) is 5.69 Å². The number of nitrogens with zero attached hydrogens (tertiary/aromatic N) is 1.